The van der Waals surface area contributed by atoms with Gasteiger partial charge < -0.3 is 5.73 Å². The maximum Gasteiger partial charge on any atom is 0.00129 e. The van der Waals surface area contributed by atoms with E-state index in [1.54, 1.807) is 0 Å². The van der Waals surface area contributed by atoms with E-state index in [9.17, 15) is 0 Å². The average Bonchev–Trinajstić information content (AvgIpc) is 2.76. The van der Waals surface area contributed by atoms with Gasteiger partial charge in [0.1, 0.15) is 0 Å². The first-order valence-corrected chi connectivity index (χ1v) is 6.54. The molecule has 17 heavy (non-hydrogen) atoms. The molecule has 1 fully saturated rings. The van der Waals surface area contributed by atoms with E-state index in [0.29, 0.717) is 5.41 Å². The van der Waals surface area contributed by atoms with Crippen LogP contribution in [-0.2, 0) is 5.41 Å². The molecule has 0 aromatic heterocycles. The third-order valence-electron chi connectivity index (χ3n) is 4.06. The van der Waals surface area contributed by atoms with Gasteiger partial charge in [0.25, 0.3) is 0 Å². The molecule has 0 amide bonds. The van der Waals surface area contributed by atoms with Gasteiger partial charge in [-0.1, -0.05) is 49.8 Å². The van der Waals surface area contributed by atoms with Crippen LogP contribution in [0.15, 0.2) is 43.0 Å². The number of hydrogen-bond acceptors (Lipinski definition) is 1. The van der Waals surface area contributed by atoms with Crippen molar-refractivity contribution in [1.29, 1.82) is 0 Å². The van der Waals surface area contributed by atoms with E-state index in [1.807, 2.05) is 0 Å². The van der Waals surface area contributed by atoms with Crippen molar-refractivity contribution in [1.82, 2.24) is 0 Å². The fraction of sp³-hybridized carbons (Fsp3) is 0.500. The quantitative estimate of drug-likeness (QED) is 0.785. The molecule has 1 aliphatic carbocycles. The van der Waals surface area contributed by atoms with Crippen molar-refractivity contribution in [2.45, 2.75) is 38.0 Å². The van der Waals surface area contributed by atoms with Gasteiger partial charge in [-0.25, -0.2) is 0 Å². The maximum absolute atomic E-state index is 4.50. The highest BCUT2D eigenvalue weighted by molar-refractivity contribution is 5.28. The zero-order valence-corrected chi connectivity index (χ0v) is 11.2. The zero-order chi connectivity index (χ0) is 12.7. The predicted octanol–water partition coefficient (Wildman–Crippen LogP) is 3.90. The highest BCUT2D eigenvalue weighted by Gasteiger charge is 2.40. The predicted molar refractivity (Wildman–Crippen MR) is 76.1 cm³/mol. The van der Waals surface area contributed by atoms with Crippen LogP contribution in [0, 0.1) is 5.92 Å². The third-order valence-corrected chi connectivity index (χ3v) is 4.06. The van der Waals surface area contributed by atoms with Gasteiger partial charge in [-0.2, -0.15) is 0 Å². The van der Waals surface area contributed by atoms with Crippen LogP contribution in [0.25, 0.3) is 0 Å². The molecule has 1 nitrogen and oxygen atoms in total. The summed E-state index contributed by atoms with van der Waals surface area (Å²) >= 11 is 0. The Kier molecular flexibility index (Phi) is 5.43. The minimum Gasteiger partial charge on any atom is -0.333 e. The smallest absolute Gasteiger partial charge is 0.00129 e. The summed E-state index contributed by atoms with van der Waals surface area (Å²) in [5.41, 5.74) is 6.39. The average molecular weight is 231 g/mol. The molecule has 1 aromatic carbocycles. The number of allylic oxidation sites excluding steroid dienone is 1. The van der Waals surface area contributed by atoms with E-state index in [4.69, 9.17) is 0 Å². The lowest BCUT2D eigenvalue weighted by atomic mass is 9.70. The van der Waals surface area contributed by atoms with Crippen molar-refractivity contribution in [2.24, 2.45) is 11.7 Å². The Morgan fingerprint density at radius 2 is 2.00 bits per heavy atom. The minimum atomic E-state index is 0.378. The van der Waals surface area contributed by atoms with Crippen LogP contribution in [0.3, 0.4) is 0 Å². The third kappa shape index (κ3) is 2.78. The van der Waals surface area contributed by atoms with E-state index >= 15 is 0 Å². The second-order valence-corrected chi connectivity index (χ2v) is 4.81. The number of nitrogens with two attached hydrogens (primary N) is 1. The molecule has 2 rings (SSSR count). The molecule has 2 unspecified atom stereocenters. The summed E-state index contributed by atoms with van der Waals surface area (Å²) in [5, 5.41) is 0. The van der Waals surface area contributed by atoms with Crippen LogP contribution in [0.4, 0.5) is 0 Å². The van der Waals surface area contributed by atoms with Crippen LogP contribution in [0.1, 0.15) is 38.2 Å². The molecule has 1 saturated carbocycles. The first-order chi connectivity index (χ1) is 8.29. The molecule has 1 aromatic rings. The minimum absolute atomic E-state index is 0.378. The molecular formula is C16H25N. The summed E-state index contributed by atoms with van der Waals surface area (Å²) < 4.78 is 0. The van der Waals surface area contributed by atoms with Crippen LogP contribution >= 0.6 is 0 Å². The van der Waals surface area contributed by atoms with Gasteiger partial charge in [-0.3, -0.25) is 0 Å². The van der Waals surface area contributed by atoms with Gasteiger partial charge in [0.05, 0.1) is 0 Å². The first kappa shape index (κ1) is 14.0. The van der Waals surface area contributed by atoms with Crippen molar-refractivity contribution in [3.63, 3.8) is 0 Å². The lowest BCUT2D eigenvalue weighted by molar-refractivity contribution is 0.339. The maximum atomic E-state index is 4.50. The molecular weight excluding hydrogens is 206 g/mol. The summed E-state index contributed by atoms with van der Waals surface area (Å²) in [7, 11) is 1.50. The summed E-state index contributed by atoms with van der Waals surface area (Å²) in [6.07, 6.45) is 7.27. The molecule has 94 valence electrons. The highest BCUT2D eigenvalue weighted by atomic mass is 14.4. The van der Waals surface area contributed by atoms with Crippen LogP contribution in [-0.4, -0.2) is 7.05 Å². The topological polar surface area (TPSA) is 26.0 Å². The van der Waals surface area contributed by atoms with Gasteiger partial charge in [0.2, 0.25) is 0 Å². The molecule has 0 saturated heterocycles. The summed E-state index contributed by atoms with van der Waals surface area (Å²) in [5.74, 6) is 0.790. The van der Waals surface area contributed by atoms with Crippen molar-refractivity contribution in [3.8, 4) is 0 Å². The van der Waals surface area contributed by atoms with Crippen LogP contribution < -0.4 is 5.73 Å². The molecule has 0 heterocycles. The number of rotatable bonds is 3. The Morgan fingerprint density at radius 3 is 2.47 bits per heavy atom. The van der Waals surface area contributed by atoms with E-state index in [0.717, 1.165) is 12.3 Å². The first-order valence-electron chi connectivity index (χ1n) is 6.54. The summed E-state index contributed by atoms with van der Waals surface area (Å²) in [6.45, 7) is 6.32. The Hall–Kier alpha value is -1.08. The molecule has 0 spiro atoms. The van der Waals surface area contributed by atoms with Gasteiger partial charge >= 0.3 is 0 Å². The van der Waals surface area contributed by atoms with E-state index in [1.165, 1.54) is 31.9 Å². The van der Waals surface area contributed by atoms with Crippen molar-refractivity contribution >= 4 is 0 Å². The Morgan fingerprint density at radius 1 is 1.35 bits per heavy atom. The van der Waals surface area contributed by atoms with Gasteiger partial charge in [-0.15, -0.1) is 6.58 Å². The lowest BCUT2D eigenvalue weighted by Gasteiger charge is -2.33. The molecule has 0 radical (unpaired) electrons. The molecule has 1 heteroatoms. The molecule has 2 N–H and O–H groups in total. The van der Waals surface area contributed by atoms with Crippen molar-refractivity contribution < 1.29 is 0 Å². The molecule has 2 atom stereocenters. The monoisotopic (exact) mass is 231 g/mol. The van der Waals surface area contributed by atoms with Crippen molar-refractivity contribution in [2.75, 3.05) is 7.05 Å². The second kappa shape index (κ2) is 6.61. The Bertz CT molecular complexity index is 331. The van der Waals surface area contributed by atoms with E-state index in [2.05, 4.69) is 55.6 Å². The normalized spacial score (nSPS) is 27.1. The Balaban J connectivity index is 0.000000686. The summed E-state index contributed by atoms with van der Waals surface area (Å²) in [4.78, 5) is 0. The molecule has 1 aliphatic rings. The fourth-order valence-electron chi connectivity index (χ4n) is 3.12. The highest BCUT2D eigenvalue weighted by Crippen LogP contribution is 2.48. The number of benzene rings is 1. The van der Waals surface area contributed by atoms with Gasteiger partial charge in [0, 0.05) is 5.41 Å². The Labute approximate surface area is 106 Å². The second-order valence-electron chi connectivity index (χ2n) is 4.81. The number of hydrogen-bond donors (Lipinski definition) is 1. The largest absolute Gasteiger partial charge is 0.333 e. The van der Waals surface area contributed by atoms with Gasteiger partial charge in [-0.05, 0) is 37.8 Å². The standard InChI is InChI=1S/C15H20.CH5N/c1-3-11-15(12-7-8-13(15)2)14-9-5-4-6-10-14;1-2/h3-6,9-10,13H,1,7-8,11-12H2,2H3;2H2,1H3. The van der Waals surface area contributed by atoms with Crippen LogP contribution in [0.5, 0.6) is 0 Å². The zero-order valence-electron chi connectivity index (χ0n) is 11.2. The molecule has 0 aliphatic heterocycles. The van der Waals surface area contributed by atoms with E-state index in [-0.39, 0.29) is 0 Å². The van der Waals surface area contributed by atoms with E-state index < -0.39 is 0 Å². The fourth-order valence-corrected chi connectivity index (χ4v) is 3.12. The summed E-state index contributed by atoms with van der Waals surface area (Å²) in [6, 6.07) is 11.0. The lowest BCUT2D eigenvalue weighted by Crippen LogP contribution is -2.28. The van der Waals surface area contributed by atoms with Crippen molar-refractivity contribution in [3.05, 3.63) is 48.6 Å². The van der Waals surface area contributed by atoms with Gasteiger partial charge in [0.15, 0.2) is 0 Å². The molecule has 0 bridgehead atoms. The van der Waals surface area contributed by atoms with Crippen LogP contribution in [0.2, 0.25) is 0 Å². The SMILES string of the molecule is C=CCC1(c2ccccc2)CCCC1C.CN.